The SMILES string of the molecule is CC(C)CCCC1(CCl)CCC1. The van der Waals surface area contributed by atoms with Crippen LogP contribution in [0.1, 0.15) is 52.4 Å². The number of rotatable bonds is 5. The summed E-state index contributed by atoms with van der Waals surface area (Å²) in [5.74, 6) is 1.75. The first-order valence-electron chi connectivity index (χ1n) is 5.24. The zero-order chi connectivity index (χ0) is 9.03. The van der Waals surface area contributed by atoms with Gasteiger partial charge in [-0.3, -0.25) is 0 Å². The van der Waals surface area contributed by atoms with E-state index in [1.165, 1.54) is 38.5 Å². The van der Waals surface area contributed by atoms with Crippen LogP contribution in [0.15, 0.2) is 0 Å². The number of alkyl halides is 1. The van der Waals surface area contributed by atoms with E-state index in [1.807, 2.05) is 0 Å². The van der Waals surface area contributed by atoms with E-state index >= 15 is 0 Å². The van der Waals surface area contributed by atoms with Crippen molar-refractivity contribution in [3.05, 3.63) is 0 Å². The van der Waals surface area contributed by atoms with Gasteiger partial charge in [0.05, 0.1) is 0 Å². The summed E-state index contributed by atoms with van der Waals surface area (Å²) in [4.78, 5) is 0. The summed E-state index contributed by atoms with van der Waals surface area (Å²) in [6, 6.07) is 0. The predicted octanol–water partition coefficient (Wildman–Crippen LogP) is 4.22. The molecular weight excluding hydrogens is 168 g/mol. The highest BCUT2D eigenvalue weighted by atomic mass is 35.5. The summed E-state index contributed by atoms with van der Waals surface area (Å²) in [5.41, 5.74) is 0.566. The Labute approximate surface area is 81.7 Å². The summed E-state index contributed by atoms with van der Waals surface area (Å²) in [5, 5.41) is 0. The minimum atomic E-state index is 0.566. The third-order valence-corrected chi connectivity index (χ3v) is 3.75. The zero-order valence-corrected chi connectivity index (χ0v) is 9.16. The van der Waals surface area contributed by atoms with Gasteiger partial charge >= 0.3 is 0 Å². The molecule has 0 aliphatic heterocycles. The lowest BCUT2D eigenvalue weighted by Crippen LogP contribution is -2.31. The Balaban J connectivity index is 2.12. The van der Waals surface area contributed by atoms with Gasteiger partial charge in [-0.2, -0.15) is 0 Å². The van der Waals surface area contributed by atoms with E-state index in [0.29, 0.717) is 5.41 Å². The first kappa shape index (κ1) is 10.4. The molecule has 1 aliphatic rings. The van der Waals surface area contributed by atoms with Crippen LogP contribution in [-0.4, -0.2) is 5.88 Å². The zero-order valence-electron chi connectivity index (χ0n) is 8.41. The molecule has 1 saturated carbocycles. The molecule has 0 aromatic heterocycles. The molecule has 0 saturated heterocycles. The van der Waals surface area contributed by atoms with E-state index in [9.17, 15) is 0 Å². The predicted molar refractivity (Wildman–Crippen MR) is 55.7 cm³/mol. The van der Waals surface area contributed by atoms with Crippen LogP contribution in [0.5, 0.6) is 0 Å². The Bertz CT molecular complexity index is 119. The molecule has 12 heavy (non-hydrogen) atoms. The van der Waals surface area contributed by atoms with Crippen LogP contribution in [0.4, 0.5) is 0 Å². The van der Waals surface area contributed by atoms with Gasteiger partial charge in [0.2, 0.25) is 0 Å². The molecule has 0 bridgehead atoms. The third-order valence-electron chi connectivity index (χ3n) is 3.19. The molecule has 0 aromatic rings. The van der Waals surface area contributed by atoms with E-state index in [1.54, 1.807) is 0 Å². The van der Waals surface area contributed by atoms with Gasteiger partial charge in [0.25, 0.3) is 0 Å². The Hall–Kier alpha value is 0.290. The minimum absolute atomic E-state index is 0.566. The Kier molecular flexibility index (Phi) is 3.89. The maximum Gasteiger partial charge on any atom is 0.0279 e. The van der Waals surface area contributed by atoms with Crippen LogP contribution in [0.3, 0.4) is 0 Å². The fourth-order valence-electron chi connectivity index (χ4n) is 2.01. The first-order valence-corrected chi connectivity index (χ1v) is 5.78. The standard InChI is InChI=1S/C11H21Cl/c1-10(2)5-3-6-11(9-12)7-4-8-11/h10H,3-9H2,1-2H3. The van der Waals surface area contributed by atoms with Gasteiger partial charge in [0.1, 0.15) is 0 Å². The second-order valence-electron chi connectivity index (χ2n) is 4.77. The molecule has 1 fully saturated rings. The molecule has 1 heteroatoms. The number of hydrogen-bond acceptors (Lipinski definition) is 0. The molecule has 72 valence electrons. The first-order chi connectivity index (χ1) is 5.68. The van der Waals surface area contributed by atoms with E-state index in [0.717, 1.165) is 11.8 Å². The van der Waals surface area contributed by atoms with Crippen molar-refractivity contribution in [2.24, 2.45) is 11.3 Å². The van der Waals surface area contributed by atoms with Crippen molar-refractivity contribution in [2.45, 2.75) is 52.4 Å². The van der Waals surface area contributed by atoms with Crippen LogP contribution >= 0.6 is 11.6 Å². The molecule has 0 amide bonds. The molecule has 1 rings (SSSR count). The monoisotopic (exact) mass is 188 g/mol. The summed E-state index contributed by atoms with van der Waals surface area (Å²) in [6.07, 6.45) is 8.30. The van der Waals surface area contributed by atoms with Crippen molar-refractivity contribution >= 4 is 11.6 Å². The molecular formula is C11H21Cl. The second kappa shape index (κ2) is 4.50. The van der Waals surface area contributed by atoms with Gasteiger partial charge in [0.15, 0.2) is 0 Å². The van der Waals surface area contributed by atoms with Gasteiger partial charge < -0.3 is 0 Å². The largest absolute Gasteiger partial charge is 0.126 e. The maximum atomic E-state index is 5.98. The van der Waals surface area contributed by atoms with Crippen molar-refractivity contribution in [1.29, 1.82) is 0 Å². The van der Waals surface area contributed by atoms with Gasteiger partial charge in [0, 0.05) is 5.88 Å². The molecule has 0 atom stereocenters. The normalized spacial score (nSPS) is 21.0. The topological polar surface area (TPSA) is 0 Å². The Morgan fingerprint density at radius 2 is 2.00 bits per heavy atom. The fraction of sp³-hybridized carbons (Fsp3) is 1.00. The highest BCUT2D eigenvalue weighted by molar-refractivity contribution is 6.18. The molecule has 0 aromatic carbocycles. The molecule has 0 nitrogen and oxygen atoms in total. The Morgan fingerprint density at radius 1 is 1.33 bits per heavy atom. The molecule has 0 spiro atoms. The maximum absolute atomic E-state index is 5.98. The summed E-state index contributed by atoms with van der Waals surface area (Å²) in [6.45, 7) is 4.60. The molecule has 1 aliphatic carbocycles. The summed E-state index contributed by atoms with van der Waals surface area (Å²) in [7, 11) is 0. The minimum Gasteiger partial charge on any atom is -0.126 e. The van der Waals surface area contributed by atoms with Crippen molar-refractivity contribution in [2.75, 3.05) is 5.88 Å². The highest BCUT2D eigenvalue weighted by Crippen LogP contribution is 2.46. The van der Waals surface area contributed by atoms with E-state index in [-0.39, 0.29) is 0 Å². The lowest BCUT2D eigenvalue weighted by Gasteiger charge is -2.40. The van der Waals surface area contributed by atoms with Gasteiger partial charge in [-0.25, -0.2) is 0 Å². The lowest BCUT2D eigenvalue weighted by molar-refractivity contribution is 0.144. The third kappa shape index (κ3) is 2.65. The van der Waals surface area contributed by atoms with Gasteiger partial charge in [-0.15, -0.1) is 11.6 Å². The van der Waals surface area contributed by atoms with Crippen molar-refractivity contribution < 1.29 is 0 Å². The van der Waals surface area contributed by atoms with Crippen LogP contribution in [0, 0.1) is 11.3 Å². The second-order valence-corrected chi connectivity index (χ2v) is 5.04. The Morgan fingerprint density at radius 3 is 2.33 bits per heavy atom. The van der Waals surface area contributed by atoms with Crippen LogP contribution in [0.2, 0.25) is 0 Å². The molecule has 0 N–H and O–H groups in total. The fourth-order valence-corrected chi connectivity index (χ4v) is 2.41. The quantitative estimate of drug-likeness (QED) is 0.567. The van der Waals surface area contributed by atoms with Crippen molar-refractivity contribution in [3.8, 4) is 0 Å². The summed E-state index contributed by atoms with van der Waals surface area (Å²) < 4.78 is 0. The van der Waals surface area contributed by atoms with E-state index < -0.39 is 0 Å². The molecule has 0 unspecified atom stereocenters. The number of halogens is 1. The number of hydrogen-bond donors (Lipinski definition) is 0. The molecule has 0 heterocycles. The van der Waals surface area contributed by atoms with Crippen molar-refractivity contribution in [1.82, 2.24) is 0 Å². The summed E-state index contributed by atoms with van der Waals surface area (Å²) >= 11 is 5.98. The van der Waals surface area contributed by atoms with Crippen molar-refractivity contribution in [3.63, 3.8) is 0 Å². The lowest BCUT2D eigenvalue weighted by atomic mass is 9.67. The van der Waals surface area contributed by atoms with E-state index in [4.69, 9.17) is 11.6 Å². The smallest absolute Gasteiger partial charge is 0.0279 e. The van der Waals surface area contributed by atoms with Crippen LogP contribution in [-0.2, 0) is 0 Å². The average Bonchev–Trinajstić information content (AvgIpc) is 1.94. The molecule has 0 radical (unpaired) electrons. The van der Waals surface area contributed by atoms with Gasteiger partial charge in [-0.05, 0) is 30.6 Å². The average molecular weight is 189 g/mol. The highest BCUT2D eigenvalue weighted by Gasteiger charge is 2.35. The van der Waals surface area contributed by atoms with Crippen LogP contribution < -0.4 is 0 Å². The van der Waals surface area contributed by atoms with Crippen LogP contribution in [0.25, 0.3) is 0 Å². The van der Waals surface area contributed by atoms with E-state index in [2.05, 4.69) is 13.8 Å². The van der Waals surface area contributed by atoms with Gasteiger partial charge in [-0.1, -0.05) is 33.1 Å².